The second kappa shape index (κ2) is 6.79. The van der Waals surface area contributed by atoms with E-state index in [1.165, 1.54) is 0 Å². The number of methoxy groups -OCH3 is 1. The van der Waals surface area contributed by atoms with Gasteiger partial charge < -0.3 is 19.5 Å². The molecule has 0 saturated carbocycles. The van der Waals surface area contributed by atoms with Gasteiger partial charge in [-0.25, -0.2) is 0 Å². The van der Waals surface area contributed by atoms with E-state index in [9.17, 15) is 0 Å². The van der Waals surface area contributed by atoms with Gasteiger partial charge in [0.2, 0.25) is 0 Å². The van der Waals surface area contributed by atoms with Gasteiger partial charge in [0.05, 0.1) is 11.6 Å². The molecule has 0 bridgehead atoms. The zero-order valence-electron chi connectivity index (χ0n) is 12.0. The van der Waals surface area contributed by atoms with E-state index in [1.807, 2.05) is 30.3 Å². The molecule has 2 aromatic carbocycles. The fraction of sp³-hybridized carbons (Fsp3) is 0.250. The first-order chi connectivity index (χ1) is 10.7. The molecule has 4 nitrogen and oxygen atoms in total. The average Bonchev–Trinajstić information content (AvgIpc) is 2.52. The molecule has 2 aromatic rings. The van der Waals surface area contributed by atoms with Gasteiger partial charge in [-0.3, -0.25) is 0 Å². The van der Waals surface area contributed by atoms with Gasteiger partial charge in [-0.2, -0.15) is 0 Å². The lowest BCUT2D eigenvalue weighted by molar-refractivity contribution is 0.171. The molecule has 0 aliphatic carbocycles. The van der Waals surface area contributed by atoms with E-state index >= 15 is 0 Å². The van der Waals surface area contributed by atoms with Gasteiger partial charge in [0.25, 0.3) is 0 Å². The molecule has 0 atom stereocenters. The summed E-state index contributed by atoms with van der Waals surface area (Å²) < 4.78 is 18.5. The molecule has 0 saturated heterocycles. The number of ether oxygens (including phenoxy) is 3. The lowest BCUT2D eigenvalue weighted by Gasteiger charge is -2.19. The smallest absolute Gasteiger partial charge is 0.163 e. The summed E-state index contributed by atoms with van der Waals surface area (Å²) in [5, 5.41) is 3.38. The Balaban J connectivity index is 1.78. The Morgan fingerprint density at radius 3 is 2.64 bits per heavy atom. The number of rotatable bonds is 4. The van der Waals surface area contributed by atoms with Crippen molar-refractivity contribution in [3.8, 4) is 17.2 Å². The first-order valence-corrected chi connectivity index (χ1v) is 8.41. The molecule has 0 radical (unpaired) electrons. The maximum Gasteiger partial charge on any atom is 0.163 e. The monoisotopic (exact) mass is 427 g/mol. The van der Waals surface area contributed by atoms with Crippen LogP contribution in [0.2, 0.25) is 0 Å². The van der Waals surface area contributed by atoms with Crippen molar-refractivity contribution >= 4 is 37.5 Å². The van der Waals surface area contributed by atoms with Crippen molar-refractivity contribution in [3.63, 3.8) is 0 Å². The van der Waals surface area contributed by atoms with Crippen LogP contribution in [0.5, 0.6) is 17.2 Å². The predicted octanol–water partition coefficient (Wildman–Crippen LogP) is 4.60. The highest BCUT2D eigenvalue weighted by Crippen LogP contribution is 2.35. The summed E-state index contributed by atoms with van der Waals surface area (Å²) in [6.07, 6.45) is 0. The summed E-state index contributed by atoms with van der Waals surface area (Å²) in [4.78, 5) is 0. The van der Waals surface area contributed by atoms with Gasteiger partial charge in [0.1, 0.15) is 19.0 Å². The summed E-state index contributed by atoms with van der Waals surface area (Å²) in [5.41, 5.74) is 2.03. The Morgan fingerprint density at radius 2 is 1.86 bits per heavy atom. The van der Waals surface area contributed by atoms with Gasteiger partial charge in [0.15, 0.2) is 11.5 Å². The second-order valence-corrected chi connectivity index (χ2v) is 6.56. The molecule has 0 aromatic heterocycles. The maximum absolute atomic E-state index is 5.59. The molecule has 0 spiro atoms. The molecule has 6 heteroatoms. The number of fused-ring (bicyclic) bond motifs is 1. The van der Waals surface area contributed by atoms with E-state index in [-0.39, 0.29) is 0 Å². The highest BCUT2D eigenvalue weighted by atomic mass is 79.9. The van der Waals surface area contributed by atoms with Crippen LogP contribution in [0.15, 0.2) is 39.3 Å². The topological polar surface area (TPSA) is 39.7 Å². The van der Waals surface area contributed by atoms with E-state index in [4.69, 9.17) is 14.2 Å². The Morgan fingerprint density at radius 1 is 1.09 bits per heavy atom. The van der Waals surface area contributed by atoms with Crippen LogP contribution < -0.4 is 19.5 Å². The van der Waals surface area contributed by atoms with Crippen molar-refractivity contribution in [3.05, 3.63) is 44.8 Å². The zero-order chi connectivity index (χ0) is 15.5. The van der Waals surface area contributed by atoms with Gasteiger partial charge in [-0.15, -0.1) is 0 Å². The van der Waals surface area contributed by atoms with E-state index in [0.717, 1.165) is 37.4 Å². The van der Waals surface area contributed by atoms with Crippen molar-refractivity contribution in [1.82, 2.24) is 0 Å². The molecule has 0 amide bonds. The maximum atomic E-state index is 5.59. The molecule has 3 rings (SSSR count). The highest BCUT2D eigenvalue weighted by molar-refractivity contribution is 9.11. The second-order valence-electron chi connectivity index (χ2n) is 4.79. The van der Waals surface area contributed by atoms with E-state index in [1.54, 1.807) is 7.11 Å². The minimum absolute atomic E-state index is 0.586. The van der Waals surface area contributed by atoms with Crippen LogP contribution in [0.3, 0.4) is 0 Å². The SMILES string of the molecule is COc1c(Br)cc(Br)cc1CNc1ccc2c(c1)OCCO2. The third-order valence-corrected chi connectivity index (χ3v) is 4.36. The fourth-order valence-electron chi connectivity index (χ4n) is 2.32. The molecule has 116 valence electrons. The Kier molecular flexibility index (Phi) is 4.78. The number of benzene rings is 2. The van der Waals surface area contributed by atoms with Crippen LogP contribution in [0.25, 0.3) is 0 Å². The summed E-state index contributed by atoms with van der Waals surface area (Å²) in [7, 11) is 1.67. The van der Waals surface area contributed by atoms with Crippen molar-refractivity contribution in [1.29, 1.82) is 0 Å². The number of nitrogens with one attached hydrogen (secondary N) is 1. The first kappa shape index (κ1) is 15.5. The molecule has 1 aliphatic heterocycles. The van der Waals surface area contributed by atoms with Gasteiger partial charge >= 0.3 is 0 Å². The largest absolute Gasteiger partial charge is 0.495 e. The Hall–Kier alpha value is -1.40. The van der Waals surface area contributed by atoms with Crippen LogP contribution in [-0.2, 0) is 6.54 Å². The van der Waals surface area contributed by atoms with Crippen molar-refractivity contribution < 1.29 is 14.2 Å². The van der Waals surface area contributed by atoms with Crippen molar-refractivity contribution in [2.45, 2.75) is 6.54 Å². The number of halogens is 2. The molecule has 1 N–H and O–H groups in total. The Labute approximate surface area is 146 Å². The molecule has 0 unspecified atom stereocenters. The van der Waals surface area contributed by atoms with Gasteiger partial charge in [-0.1, -0.05) is 15.9 Å². The Bertz CT molecular complexity index is 691. The van der Waals surface area contributed by atoms with E-state index < -0.39 is 0 Å². The summed E-state index contributed by atoms with van der Waals surface area (Å²) in [5.74, 6) is 2.39. The molecular formula is C16H15Br2NO3. The predicted molar refractivity (Wildman–Crippen MR) is 93.2 cm³/mol. The van der Waals surface area contributed by atoms with Crippen molar-refractivity contribution in [2.24, 2.45) is 0 Å². The molecule has 1 heterocycles. The summed E-state index contributed by atoms with van der Waals surface area (Å²) in [6.45, 7) is 1.83. The van der Waals surface area contributed by atoms with Crippen molar-refractivity contribution in [2.75, 3.05) is 25.6 Å². The summed E-state index contributed by atoms with van der Waals surface area (Å²) in [6, 6.07) is 9.85. The summed E-state index contributed by atoms with van der Waals surface area (Å²) >= 11 is 7.02. The number of hydrogen-bond donors (Lipinski definition) is 1. The molecule has 0 fully saturated rings. The molecular weight excluding hydrogens is 414 g/mol. The van der Waals surface area contributed by atoms with Crippen LogP contribution in [0.4, 0.5) is 5.69 Å². The van der Waals surface area contributed by atoms with Crippen LogP contribution >= 0.6 is 31.9 Å². The highest BCUT2D eigenvalue weighted by Gasteiger charge is 2.13. The zero-order valence-corrected chi connectivity index (χ0v) is 15.2. The average molecular weight is 429 g/mol. The third-order valence-electron chi connectivity index (χ3n) is 3.31. The standard InChI is InChI=1S/C16H15Br2NO3/c1-20-16-10(6-11(17)7-13(16)18)9-19-12-2-3-14-15(8-12)22-5-4-21-14/h2-3,6-8,19H,4-5,9H2,1H3. The fourth-order valence-corrected chi connectivity index (χ4v) is 3.80. The lowest BCUT2D eigenvalue weighted by Crippen LogP contribution is -2.15. The number of hydrogen-bond acceptors (Lipinski definition) is 4. The third kappa shape index (κ3) is 3.33. The molecule has 22 heavy (non-hydrogen) atoms. The minimum Gasteiger partial charge on any atom is -0.495 e. The molecule has 1 aliphatic rings. The van der Waals surface area contributed by atoms with Crippen LogP contribution in [-0.4, -0.2) is 20.3 Å². The minimum atomic E-state index is 0.586. The van der Waals surface area contributed by atoms with Crippen LogP contribution in [0, 0.1) is 0 Å². The number of anilines is 1. The van der Waals surface area contributed by atoms with E-state index in [0.29, 0.717) is 19.8 Å². The van der Waals surface area contributed by atoms with Crippen LogP contribution in [0.1, 0.15) is 5.56 Å². The van der Waals surface area contributed by atoms with E-state index in [2.05, 4.69) is 37.2 Å². The first-order valence-electron chi connectivity index (χ1n) is 6.83. The van der Waals surface area contributed by atoms with Gasteiger partial charge in [0, 0.05) is 28.3 Å². The lowest BCUT2D eigenvalue weighted by atomic mass is 10.2. The van der Waals surface area contributed by atoms with Gasteiger partial charge in [-0.05, 0) is 40.2 Å². The normalized spacial score (nSPS) is 12.9. The quantitative estimate of drug-likeness (QED) is 0.772.